The third-order valence-electron chi connectivity index (χ3n) is 2.74. The molecule has 0 amide bonds. The maximum absolute atomic E-state index is 9.99. The standard InChI is InChI=1S/C13H18O3/c1-9-7-10(13(2,3)14)8-11-12(9)16-6-4-5-15-11/h7-8,14H,4-6H2,1-3H3. The van der Waals surface area contributed by atoms with E-state index in [1.807, 2.05) is 19.1 Å². The zero-order valence-electron chi connectivity index (χ0n) is 10.0. The van der Waals surface area contributed by atoms with Gasteiger partial charge in [-0.1, -0.05) is 0 Å². The molecular weight excluding hydrogens is 204 g/mol. The van der Waals surface area contributed by atoms with Gasteiger partial charge in [0.05, 0.1) is 18.8 Å². The van der Waals surface area contributed by atoms with Crippen LogP contribution in [0.1, 0.15) is 31.4 Å². The molecule has 0 fully saturated rings. The van der Waals surface area contributed by atoms with Crippen LogP contribution in [0.2, 0.25) is 0 Å². The molecule has 0 spiro atoms. The highest BCUT2D eigenvalue weighted by Crippen LogP contribution is 2.37. The Balaban J connectivity index is 2.48. The minimum Gasteiger partial charge on any atom is -0.490 e. The monoisotopic (exact) mass is 222 g/mol. The van der Waals surface area contributed by atoms with Crippen LogP contribution in [-0.4, -0.2) is 18.3 Å². The summed E-state index contributed by atoms with van der Waals surface area (Å²) in [6, 6.07) is 3.82. The van der Waals surface area contributed by atoms with Crippen molar-refractivity contribution in [3.05, 3.63) is 23.3 Å². The lowest BCUT2D eigenvalue weighted by molar-refractivity contribution is 0.0781. The van der Waals surface area contributed by atoms with Crippen molar-refractivity contribution >= 4 is 0 Å². The van der Waals surface area contributed by atoms with Crippen molar-refractivity contribution in [1.29, 1.82) is 0 Å². The topological polar surface area (TPSA) is 38.7 Å². The molecule has 1 aromatic carbocycles. The second-order valence-electron chi connectivity index (χ2n) is 4.73. The molecule has 0 aliphatic carbocycles. The first-order valence-electron chi connectivity index (χ1n) is 5.61. The summed E-state index contributed by atoms with van der Waals surface area (Å²) in [5.41, 5.74) is 1.01. The number of rotatable bonds is 1. The molecule has 0 saturated carbocycles. The highest BCUT2D eigenvalue weighted by atomic mass is 16.5. The highest BCUT2D eigenvalue weighted by molar-refractivity contribution is 5.50. The van der Waals surface area contributed by atoms with Gasteiger partial charge in [0.15, 0.2) is 11.5 Å². The molecule has 1 N–H and O–H groups in total. The van der Waals surface area contributed by atoms with Crippen LogP contribution in [0.5, 0.6) is 11.5 Å². The average molecular weight is 222 g/mol. The third-order valence-corrected chi connectivity index (χ3v) is 2.74. The first kappa shape index (κ1) is 11.3. The molecule has 16 heavy (non-hydrogen) atoms. The van der Waals surface area contributed by atoms with E-state index in [1.54, 1.807) is 13.8 Å². The van der Waals surface area contributed by atoms with Crippen molar-refractivity contribution in [3.8, 4) is 11.5 Å². The maximum Gasteiger partial charge on any atom is 0.164 e. The molecule has 0 radical (unpaired) electrons. The largest absolute Gasteiger partial charge is 0.490 e. The first-order chi connectivity index (χ1) is 7.48. The summed E-state index contributed by atoms with van der Waals surface area (Å²) >= 11 is 0. The summed E-state index contributed by atoms with van der Waals surface area (Å²) in [4.78, 5) is 0. The summed E-state index contributed by atoms with van der Waals surface area (Å²) in [7, 11) is 0. The Morgan fingerprint density at radius 2 is 1.88 bits per heavy atom. The van der Waals surface area contributed by atoms with Gasteiger partial charge in [0, 0.05) is 6.42 Å². The fourth-order valence-corrected chi connectivity index (χ4v) is 1.80. The van der Waals surface area contributed by atoms with Gasteiger partial charge in [0.1, 0.15) is 0 Å². The molecule has 0 atom stereocenters. The zero-order chi connectivity index (χ0) is 11.8. The fraction of sp³-hybridized carbons (Fsp3) is 0.538. The molecule has 2 rings (SSSR count). The second-order valence-corrected chi connectivity index (χ2v) is 4.73. The van der Waals surface area contributed by atoms with Crippen LogP contribution in [0.4, 0.5) is 0 Å². The van der Waals surface area contributed by atoms with Crippen molar-refractivity contribution in [3.63, 3.8) is 0 Å². The number of hydrogen-bond acceptors (Lipinski definition) is 3. The average Bonchev–Trinajstić information content (AvgIpc) is 2.41. The number of ether oxygens (including phenoxy) is 2. The van der Waals surface area contributed by atoms with Gasteiger partial charge < -0.3 is 14.6 Å². The molecule has 1 aliphatic rings. The summed E-state index contributed by atoms with van der Waals surface area (Å²) < 4.78 is 11.3. The summed E-state index contributed by atoms with van der Waals surface area (Å²) in [6.07, 6.45) is 0.895. The number of fused-ring (bicyclic) bond motifs is 1. The van der Waals surface area contributed by atoms with Crippen molar-refractivity contribution in [2.45, 2.75) is 32.8 Å². The lowest BCUT2D eigenvalue weighted by Gasteiger charge is -2.21. The van der Waals surface area contributed by atoms with Crippen molar-refractivity contribution in [2.75, 3.05) is 13.2 Å². The Morgan fingerprint density at radius 3 is 2.56 bits per heavy atom. The van der Waals surface area contributed by atoms with Gasteiger partial charge in [-0.05, 0) is 44.0 Å². The summed E-state index contributed by atoms with van der Waals surface area (Å²) in [5, 5.41) is 9.99. The van der Waals surface area contributed by atoms with Gasteiger partial charge >= 0.3 is 0 Å². The molecule has 1 heterocycles. The maximum atomic E-state index is 9.99. The Hall–Kier alpha value is -1.22. The molecule has 0 saturated heterocycles. The van der Waals surface area contributed by atoms with Crippen molar-refractivity contribution < 1.29 is 14.6 Å². The second kappa shape index (κ2) is 3.98. The number of aryl methyl sites for hydroxylation is 1. The van der Waals surface area contributed by atoms with Crippen LogP contribution in [0.3, 0.4) is 0 Å². The minimum absolute atomic E-state index is 0.668. The summed E-state index contributed by atoms with van der Waals surface area (Å²) in [6.45, 7) is 6.87. The lowest BCUT2D eigenvalue weighted by Crippen LogP contribution is -2.16. The fourth-order valence-electron chi connectivity index (χ4n) is 1.80. The molecule has 0 aromatic heterocycles. The molecule has 3 nitrogen and oxygen atoms in total. The van der Waals surface area contributed by atoms with Gasteiger partial charge in [-0.15, -0.1) is 0 Å². The highest BCUT2D eigenvalue weighted by Gasteiger charge is 2.21. The van der Waals surface area contributed by atoms with Crippen LogP contribution in [0.15, 0.2) is 12.1 Å². The van der Waals surface area contributed by atoms with Crippen LogP contribution in [0.25, 0.3) is 0 Å². The number of benzene rings is 1. The number of hydrogen-bond donors (Lipinski definition) is 1. The minimum atomic E-state index is -0.852. The Labute approximate surface area is 96.0 Å². The summed E-state index contributed by atoms with van der Waals surface area (Å²) in [5.74, 6) is 1.56. The smallest absolute Gasteiger partial charge is 0.164 e. The Morgan fingerprint density at radius 1 is 1.19 bits per heavy atom. The van der Waals surface area contributed by atoms with E-state index in [4.69, 9.17) is 9.47 Å². The number of aliphatic hydroxyl groups is 1. The van der Waals surface area contributed by atoms with Crippen molar-refractivity contribution in [1.82, 2.24) is 0 Å². The SMILES string of the molecule is Cc1cc(C(C)(C)O)cc2c1OCCCO2. The van der Waals surface area contributed by atoms with E-state index < -0.39 is 5.60 Å². The first-order valence-corrected chi connectivity index (χ1v) is 5.61. The molecule has 1 aliphatic heterocycles. The van der Waals surface area contributed by atoms with E-state index in [1.165, 1.54) is 0 Å². The van der Waals surface area contributed by atoms with Crippen LogP contribution in [-0.2, 0) is 5.60 Å². The Bertz CT molecular complexity index is 391. The van der Waals surface area contributed by atoms with Gasteiger partial charge in [0.25, 0.3) is 0 Å². The van der Waals surface area contributed by atoms with E-state index in [-0.39, 0.29) is 0 Å². The van der Waals surface area contributed by atoms with E-state index in [0.29, 0.717) is 13.2 Å². The van der Waals surface area contributed by atoms with Gasteiger partial charge in [-0.25, -0.2) is 0 Å². The normalized spacial score (nSPS) is 15.8. The molecule has 0 bridgehead atoms. The molecule has 0 unspecified atom stereocenters. The van der Waals surface area contributed by atoms with E-state index in [0.717, 1.165) is 29.0 Å². The lowest BCUT2D eigenvalue weighted by atomic mass is 9.96. The van der Waals surface area contributed by atoms with E-state index in [2.05, 4.69) is 0 Å². The van der Waals surface area contributed by atoms with Crippen molar-refractivity contribution in [2.24, 2.45) is 0 Å². The molecule has 3 heteroatoms. The van der Waals surface area contributed by atoms with Gasteiger partial charge in [-0.3, -0.25) is 0 Å². The van der Waals surface area contributed by atoms with Crippen LogP contribution in [0, 0.1) is 6.92 Å². The zero-order valence-corrected chi connectivity index (χ0v) is 10.0. The Kier molecular flexibility index (Phi) is 2.80. The molecular formula is C13H18O3. The molecule has 88 valence electrons. The molecule has 1 aromatic rings. The van der Waals surface area contributed by atoms with E-state index >= 15 is 0 Å². The van der Waals surface area contributed by atoms with Gasteiger partial charge in [0.2, 0.25) is 0 Å². The predicted molar refractivity (Wildman–Crippen MR) is 62.0 cm³/mol. The predicted octanol–water partition coefficient (Wildman–Crippen LogP) is 2.38. The quantitative estimate of drug-likeness (QED) is 0.793. The van der Waals surface area contributed by atoms with Gasteiger partial charge in [-0.2, -0.15) is 0 Å². The van der Waals surface area contributed by atoms with E-state index in [9.17, 15) is 5.11 Å². The van der Waals surface area contributed by atoms with Crippen LogP contribution < -0.4 is 9.47 Å². The third kappa shape index (κ3) is 2.14. The van der Waals surface area contributed by atoms with Crippen LogP contribution >= 0.6 is 0 Å².